The Morgan fingerprint density at radius 3 is 2.69 bits per heavy atom. The highest BCUT2D eigenvalue weighted by Gasteiger charge is 2.12. The first kappa shape index (κ1) is 16.8. The molecule has 0 saturated heterocycles. The monoisotopic (exact) mass is 365 g/mol. The van der Waals surface area contributed by atoms with Gasteiger partial charge in [-0.25, -0.2) is 0 Å². The minimum absolute atomic E-state index is 0.829. The van der Waals surface area contributed by atoms with Crippen molar-refractivity contribution in [2.24, 2.45) is 0 Å². The van der Waals surface area contributed by atoms with Crippen molar-refractivity contribution in [2.45, 2.75) is 13.1 Å². The molecule has 0 spiro atoms. The van der Waals surface area contributed by atoms with E-state index >= 15 is 0 Å². The van der Waals surface area contributed by atoms with Crippen LogP contribution < -0.4 is 9.64 Å². The summed E-state index contributed by atoms with van der Waals surface area (Å²) in [6, 6.07) is 18.9. The van der Waals surface area contributed by atoms with E-state index in [1.165, 1.54) is 21.2 Å². The second-order valence-electron chi connectivity index (χ2n) is 6.52. The van der Waals surface area contributed by atoms with Crippen LogP contribution in [0.3, 0.4) is 0 Å². The molecule has 2 aromatic carbocycles. The van der Waals surface area contributed by atoms with Gasteiger partial charge >= 0.3 is 0 Å². The summed E-state index contributed by atoms with van der Waals surface area (Å²) in [6.07, 6.45) is 0. The first-order valence-electron chi connectivity index (χ1n) is 8.59. The van der Waals surface area contributed by atoms with Crippen LogP contribution in [0, 0.1) is 0 Å². The van der Waals surface area contributed by atoms with Gasteiger partial charge in [0, 0.05) is 11.6 Å². The van der Waals surface area contributed by atoms with E-state index in [9.17, 15) is 0 Å². The molecule has 0 saturated carbocycles. The van der Waals surface area contributed by atoms with Crippen molar-refractivity contribution in [1.82, 2.24) is 5.16 Å². The number of nitrogens with zero attached hydrogens (tertiary/aromatic N) is 1. The van der Waals surface area contributed by atoms with Crippen LogP contribution in [-0.4, -0.2) is 19.3 Å². The Labute approximate surface area is 156 Å². The van der Waals surface area contributed by atoms with Crippen LogP contribution in [0.1, 0.15) is 11.3 Å². The van der Waals surface area contributed by atoms with E-state index in [0.717, 1.165) is 35.2 Å². The van der Waals surface area contributed by atoms with E-state index in [0.29, 0.717) is 0 Å². The van der Waals surface area contributed by atoms with Crippen LogP contribution in [0.15, 0.2) is 64.5 Å². The van der Waals surface area contributed by atoms with Crippen LogP contribution in [0.25, 0.3) is 21.4 Å². The second-order valence-corrected chi connectivity index (χ2v) is 7.47. The fraction of sp³-hybridized carbons (Fsp3) is 0.190. The van der Waals surface area contributed by atoms with Gasteiger partial charge < -0.3 is 14.2 Å². The topological polar surface area (TPSA) is 39.7 Å². The number of nitrogens with one attached hydrogen (secondary N) is 1. The number of ether oxygens (including phenoxy) is 1. The van der Waals surface area contributed by atoms with Gasteiger partial charge in [-0.1, -0.05) is 29.4 Å². The summed E-state index contributed by atoms with van der Waals surface area (Å²) < 4.78 is 10.8. The standard InChI is InChI=1S/C21H20N2O2S/c1-23(14-18-12-20(25-22-18)21-4-3-9-26-21)13-15-5-6-17-11-19(24-2)8-7-16(17)10-15/h3-12H,13-14H2,1-2H3/p+1. The summed E-state index contributed by atoms with van der Waals surface area (Å²) in [5, 5.41) is 8.70. The highest BCUT2D eigenvalue weighted by Crippen LogP contribution is 2.25. The molecule has 4 nitrogen and oxygen atoms in total. The number of fused-ring (bicyclic) bond motifs is 1. The third-order valence-corrected chi connectivity index (χ3v) is 5.31. The Bertz CT molecular complexity index is 1010. The average Bonchev–Trinajstić information content (AvgIpc) is 3.32. The lowest BCUT2D eigenvalue weighted by molar-refractivity contribution is -0.908. The predicted molar refractivity (Wildman–Crippen MR) is 105 cm³/mol. The Kier molecular flexibility index (Phi) is 4.73. The summed E-state index contributed by atoms with van der Waals surface area (Å²) in [5.41, 5.74) is 2.29. The van der Waals surface area contributed by atoms with Gasteiger partial charge in [0.2, 0.25) is 0 Å². The van der Waals surface area contributed by atoms with E-state index < -0.39 is 0 Å². The number of thiophene rings is 1. The Hall–Kier alpha value is -2.63. The van der Waals surface area contributed by atoms with Gasteiger partial charge in [-0.05, 0) is 40.4 Å². The molecular weight excluding hydrogens is 344 g/mol. The Morgan fingerprint density at radius 2 is 1.88 bits per heavy atom. The number of rotatable bonds is 6. The van der Waals surface area contributed by atoms with Gasteiger partial charge in [0.05, 0.1) is 19.0 Å². The molecule has 1 atom stereocenters. The van der Waals surface area contributed by atoms with Gasteiger partial charge in [0.25, 0.3) is 0 Å². The van der Waals surface area contributed by atoms with E-state index in [-0.39, 0.29) is 0 Å². The maximum atomic E-state index is 5.47. The van der Waals surface area contributed by atoms with Crippen molar-refractivity contribution in [2.75, 3.05) is 14.2 Å². The van der Waals surface area contributed by atoms with Crippen molar-refractivity contribution in [3.05, 3.63) is 71.2 Å². The second kappa shape index (κ2) is 7.32. The third kappa shape index (κ3) is 3.64. The van der Waals surface area contributed by atoms with E-state index in [1.807, 2.05) is 23.6 Å². The zero-order valence-electron chi connectivity index (χ0n) is 14.9. The molecule has 0 aliphatic carbocycles. The van der Waals surface area contributed by atoms with E-state index in [2.05, 4.69) is 48.6 Å². The maximum Gasteiger partial charge on any atom is 0.177 e. The molecule has 0 amide bonds. The van der Waals surface area contributed by atoms with Crippen molar-refractivity contribution < 1.29 is 14.2 Å². The summed E-state index contributed by atoms with van der Waals surface area (Å²) >= 11 is 1.67. The molecule has 0 radical (unpaired) electrons. The smallest absolute Gasteiger partial charge is 0.177 e. The van der Waals surface area contributed by atoms with Crippen molar-refractivity contribution >= 4 is 22.1 Å². The van der Waals surface area contributed by atoms with Crippen LogP contribution in [0.2, 0.25) is 0 Å². The third-order valence-electron chi connectivity index (χ3n) is 4.42. The lowest BCUT2D eigenvalue weighted by Gasteiger charge is -2.13. The predicted octanol–water partition coefficient (Wildman–Crippen LogP) is 3.78. The normalized spacial score (nSPS) is 12.4. The van der Waals surface area contributed by atoms with Crippen molar-refractivity contribution in [1.29, 1.82) is 0 Å². The molecule has 4 aromatic rings. The molecule has 2 heterocycles. The highest BCUT2D eigenvalue weighted by atomic mass is 32.1. The van der Waals surface area contributed by atoms with Crippen LogP contribution in [0.4, 0.5) is 0 Å². The van der Waals surface area contributed by atoms with Crippen molar-refractivity contribution in [3.63, 3.8) is 0 Å². The van der Waals surface area contributed by atoms with Gasteiger partial charge in [-0.15, -0.1) is 11.3 Å². The quantitative estimate of drug-likeness (QED) is 0.565. The van der Waals surface area contributed by atoms with Crippen molar-refractivity contribution in [3.8, 4) is 16.4 Å². The van der Waals surface area contributed by atoms with Crippen LogP contribution in [0.5, 0.6) is 5.75 Å². The van der Waals surface area contributed by atoms with Gasteiger partial charge in [0.15, 0.2) is 5.76 Å². The number of methoxy groups -OCH3 is 1. The fourth-order valence-electron chi connectivity index (χ4n) is 3.16. The van der Waals surface area contributed by atoms with E-state index in [4.69, 9.17) is 9.26 Å². The molecule has 0 bridgehead atoms. The van der Waals surface area contributed by atoms with Gasteiger partial charge in [-0.2, -0.15) is 0 Å². The number of quaternary nitrogens is 1. The molecule has 1 unspecified atom stereocenters. The summed E-state index contributed by atoms with van der Waals surface area (Å²) in [7, 11) is 3.87. The molecule has 1 N–H and O–H groups in total. The lowest BCUT2D eigenvalue weighted by atomic mass is 10.1. The van der Waals surface area contributed by atoms with Gasteiger partial charge in [0.1, 0.15) is 24.5 Å². The molecule has 4 rings (SSSR count). The minimum Gasteiger partial charge on any atom is -0.497 e. The molecule has 0 fully saturated rings. The number of hydrogen-bond acceptors (Lipinski definition) is 4. The largest absolute Gasteiger partial charge is 0.497 e. The van der Waals surface area contributed by atoms with Crippen LogP contribution >= 0.6 is 11.3 Å². The molecule has 132 valence electrons. The SMILES string of the molecule is COc1ccc2cc(C[NH+](C)Cc3cc(-c4cccs4)on3)ccc2c1. The fourth-order valence-corrected chi connectivity index (χ4v) is 3.83. The molecule has 5 heteroatoms. The lowest BCUT2D eigenvalue weighted by Crippen LogP contribution is -3.06. The molecule has 26 heavy (non-hydrogen) atoms. The molecule has 2 aromatic heterocycles. The Balaban J connectivity index is 1.44. The van der Waals surface area contributed by atoms with Gasteiger partial charge in [-0.3, -0.25) is 0 Å². The molecule has 0 aliphatic heterocycles. The number of aromatic nitrogens is 1. The average molecular weight is 365 g/mol. The summed E-state index contributed by atoms with van der Waals surface area (Å²) in [4.78, 5) is 2.48. The zero-order valence-corrected chi connectivity index (χ0v) is 15.7. The molecular formula is C21H21N2O2S+. The Morgan fingerprint density at radius 1 is 1.04 bits per heavy atom. The molecule has 0 aliphatic rings. The van der Waals surface area contributed by atoms with E-state index in [1.54, 1.807) is 18.4 Å². The first-order chi connectivity index (χ1) is 12.7. The number of benzene rings is 2. The summed E-state index contributed by atoms with van der Waals surface area (Å²) in [5.74, 6) is 1.74. The zero-order chi connectivity index (χ0) is 17.9. The highest BCUT2D eigenvalue weighted by molar-refractivity contribution is 7.13. The van der Waals surface area contributed by atoms with Crippen LogP contribution in [-0.2, 0) is 13.1 Å². The first-order valence-corrected chi connectivity index (χ1v) is 9.47. The summed E-state index contributed by atoms with van der Waals surface area (Å²) in [6.45, 7) is 1.76. The maximum absolute atomic E-state index is 5.47. The number of hydrogen-bond donors (Lipinski definition) is 1. The minimum atomic E-state index is 0.829.